The van der Waals surface area contributed by atoms with Gasteiger partial charge in [-0.25, -0.2) is 0 Å². The van der Waals surface area contributed by atoms with Gasteiger partial charge in [-0.2, -0.15) is 127 Å². The Morgan fingerprint density at radius 2 is 0.322 bits per heavy atom. The molecule has 0 saturated heterocycles. The number of benzene rings is 4. The van der Waals surface area contributed by atoms with E-state index in [0.29, 0.717) is 0 Å². The van der Waals surface area contributed by atoms with Crippen molar-refractivity contribution in [2.45, 2.75) is 49.4 Å². The molecule has 0 unspecified atom stereocenters. The minimum absolute atomic E-state index is 0. The summed E-state index contributed by atoms with van der Waals surface area (Å²) in [5.74, 6) is 0. The van der Waals surface area contributed by atoms with Crippen LogP contribution in [-0.2, 0) is 94.2 Å². The predicted octanol–water partition coefficient (Wildman–Crippen LogP) is 11.2. The molecule has 0 bridgehead atoms. The summed E-state index contributed by atoms with van der Waals surface area (Å²) in [6.07, 6.45) is -54.8. The Labute approximate surface area is 343 Å². The first-order valence-corrected chi connectivity index (χ1v) is 14.6. The molecule has 0 aliphatic heterocycles. The van der Waals surface area contributed by atoms with Crippen LogP contribution in [-0.4, -0.2) is 6.15 Å². The van der Waals surface area contributed by atoms with Gasteiger partial charge in [0, 0.05) is 22.4 Å². The van der Waals surface area contributed by atoms with Crippen molar-refractivity contribution in [3.05, 3.63) is 117 Å². The van der Waals surface area contributed by atoms with Crippen LogP contribution in [0, 0.1) is 0 Å². The maximum Gasteiger partial charge on any atom is 1.00 e. The van der Waals surface area contributed by atoms with E-state index in [1.54, 1.807) is 0 Å². The molecule has 59 heavy (non-hydrogen) atoms. The third-order valence-electron chi connectivity index (χ3n) is 8.44. The second kappa shape index (κ2) is 16.2. The molecular weight excluding hydrogens is 1070 g/mol. The first-order valence-electron chi connectivity index (χ1n) is 14.6. The van der Waals surface area contributed by atoms with Gasteiger partial charge in [-0.1, -0.05) is 48.5 Å². The summed E-state index contributed by atoms with van der Waals surface area (Å²) in [6, 6.07) is -8.81. The quantitative estimate of drug-likeness (QED) is 0.141. The molecule has 0 N–H and O–H groups in total. The Hall–Kier alpha value is -3.25. The van der Waals surface area contributed by atoms with Crippen LogP contribution in [0.1, 0.15) is 44.5 Å². The molecule has 0 aromatic heterocycles. The van der Waals surface area contributed by atoms with Gasteiger partial charge in [-0.3, -0.25) is 0 Å². The van der Waals surface area contributed by atoms with Gasteiger partial charge in [-0.05, 0) is 24.3 Å². The SMILES string of the molecule is FC(F)(F)c1cc([B-](c2cc(C(F)(F)F)cc(C(F)(F)F)c2)(c2cc(C(F)(F)F)cc(C(F)(F)F)c2)c2cc(C(F)(F)F)cc(C(F)(F)F)c2)cc(C(F)(F)F)c1.[Ag+].[Ag]. The van der Waals surface area contributed by atoms with Crippen LogP contribution in [0.4, 0.5) is 105 Å². The second-order valence-electron chi connectivity index (χ2n) is 12.2. The Morgan fingerprint density at radius 3 is 0.407 bits per heavy atom. The monoisotopic (exact) mass is 1080 g/mol. The van der Waals surface area contributed by atoms with Crippen LogP contribution in [0.3, 0.4) is 0 Å². The summed E-state index contributed by atoms with van der Waals surface area (Å²) in [5, 5.41) is 0. The van der Waals surface area contributed by atoms with Crippen molar-refractivity contribution < 1.29 is 150 Å². The van der Waals surface area contributed by atoms with E-state index in [4.69, 9.17) is 0 Å². The molecule has 4 aromatic rings. The van der Waals surface area contributed by atoms with Gasteiger partial charge < -0.3 is 0 Å². The van der Waals surface area contributed by atoms with Crippen molar-refractivity contribution in [1.29, 1.82) is 0 Å². The smallest absolute Gasteiger partial charge is 0.194 e. The van der Waals surface area contributed by atoms with E-state index in [0.717, 1.165) is 0 Å². The molecule has 0 aliphatic rings. The summed E-state index contributed by atoms with van der Waals surface area (Å²) < 4.78 is 341. The van der Waals surface area contributed by atoms with Crippen molar-refractivity contribution in [1.82, 2.24) is 0 Å². The number of rotatable bonds is 4. The van der Waals surface area contributed by atoms with Gasteiger partial charge in [0.05, 0.1) is 44.5 Å². The molecule has 0 amide bonds. The average Bonchev–Trinajstić information content (AvgIpc) is 3.01. The van der Waals surface area contributed by atoms with Crippen LogP contribution < -0.4 is 21.9 Å². The molecule has 1 radical (unpaired) electrons. The van der Waals surface area contributed by atoms with Crippen molar-refractivity contribution in [3.8, 4) is 0 Å². The first-order chi connectivity index (χ1) is 25.3. The van der Waals surface area contributed by atoms with Crippen LogP contribution in [0.15, 0.2) is 72.8 Å². The largest absolute Gasteiger partial charge is 1.00 e. The fourth-order valence-corrected chi connectivity index (χ4v) is 6.07. The summed E-state index contributed by atoms with van der Waals surface area (Å²) in [6.45, 7) is 0. The van der Waals surface area contributed by atoms with Gasteiger partial charge in [0.25, 0.3) is 0 Å². The van der Waals surface area contributed by atoms with E-state index in [1.807, 2.05) is 0 Å². The topological polar surface area (TPSA) is 0 Å². The van der Waals surface area contributed by atoms with Gasteiger partial charge in [-0.15, -0.1) is 0 Å². The van der Waals surface area contributed by atoms with Crippen LogP contribution in [0.5, 0.6) is 0 Å². The normalized spacial score (nSPS) is 13.8. The molecule has 27 heteroatoms. The fraction of sp³-hybridized carbons (Fsp3) is 0.250. The zero-order valence-electron chi connectivity index (χ0n) is 27.2. The maximum absolute atomic E-state index is 14.2. The summed E-state index contributed by atoms with van der Waals surface area (Å²) >= 11 is 0. The van der Waals surface area contributed by atoms with Crippen molar-refractivity contribution >= 4 is 28.0 Å². The van der Waals surface area contributed by atoms with E-state index < -0.39 is 195 Å². The molecule has 4 rings (SSSR count). The molecule has 0 aliphatic carbocycles. The number of halogens is 24. The minimum atomic E-state index is -6.13. The maximum atomic E-state index is 14.2. The molecule has 0 nitrogen and oxygen atoms in total. The van der Waals surface area contributed by atoms with E-state index >= 15 is 0 Å². The molecule has 0 fully saturated rings. The number of hydrogen-bond acceptors (Lipinski definition) is 0. The van der Waals surface area contributed by atoms with Gasteiger partial charge in [0.1, 0.15) is 6.15 Å². The second-order valence-corrected chi connectivity index (χ2v) is 12.2. The predicted molar refractivity (Wildman–Crippen MR) is 150 cm³/mol. The van der Waals surface area contributed by atoms with Gasteiger partial charge in [0.2, 0.25) is 0 Å². The van der Waals surface area contributed by atoms with E-state index in [1.165, 1.54) is 0 Å². The third kappa shape index (κ3) is 11.2. The number of alkyl halides is 24. The molecule has 0 spiro atoms. The van der Waals surface area contributed by atoms with Crippen molar-refractivity contribution in [2.75, 3.05) is 0 Å². The summed E-state index contributed by atoms with van der Waals surface area (Å²) in [5.41, 5.74) is -30.2. The fourth-order valence-electron chi connectivity index (χ4n) is 6.07. The first kappa shape index (κ1) is 51.9. The molecule has 333 valence electrons. The Balaban J connectivity index is 0.00000600. The van der Waals surface area contributed by atoms with Gasteiger partial charge >= 0.3 is 71.8 Å². The zero-order chi connectivity index (χ0) is 43.9. The molecular formula is C32H12Ag2BF24. The molecule has 4 aromatic carbocycles. The van der Waals surface area contributed by atoms with Crippen LogP contribution >= 0.6 is 0 Å². The summed E-state index contributed by atoms with van der Waals surface area (Å²) in [4.78, 5) is 0. The van der Waals surface area contributed by atoms with E-state index in [9.17, 15) is 105 Å². The average molecular weight is 1080 g/mol. The minimum Gasteiger partial charge on any atom is -0.194 e. The van der Waals surface area contributed by atoms with Crippen molar-refractivity contribution in [2.24, 2.45) is 0 Å². The number of hydrogen-bond donors (Lipinski definition) is 0. The van der Waals surface area contributed by atoms with Gasteiger partial charge in [0.15, 0.2) is 0 Å². The third-order valence-corrected chi connectivity index (χ3v) is 8.44. The van der Waals surface area contributed by atoms with E-state index in [-0.39, 0.29) is 44.8 Å². The van der Waals surface area contributed by atoms with E-state index in [2.05, 4.69) is 0 Å². The molecule has 0 saturated carbocycles. The van der Waals surface area contributed by atoms with Crippen LogP contribution in [0.2, 0.25) is 0 Å². The Bertz CT molecular complexity index is 1710. The Morgan fingerprint density at radius 1 is 0.220 bits per heavy atom. The summed E-state index contributed by atoms with van der Waals surface area (Å²) in [7, 11) is 0. The Kier molecular flexibility index (Phi) is 14.3. The zero-order valence-corrected chi connectivity index (χ0v) is 30.1. The molecule has 0 atom stereocenters. The van der Waals surface area contributed by atoms with Crippen LogP contribution in [0.25, 0.3) is 0 Å². The van der Waals surface area contributed by atoms with Crippen molar-refractivity contribution in [3.63, 3.8) is 0 Å². The standard InChI is InChI=1S/C32H12BF24.2Ag/c34-25(35,36)13-1-14(26(37,38)39)6-21(5-13)33(22-7-15(27(40,41)42)2-16(8-22)28(43,44)45,23-9-17(29(46,47)48)3-18(10-23)30(49,50)51)24-11-19(31(52,53)54)4-20(12-24)32(55,56)57;;/h1-12H;;/q-1;;+1. The molecule has 0 heterocycles.